The van der Waals surface area contributed by atoms with Gasteiger partial charge in [-0.05, 0) is 23.3 Å². The van der Waals surface area contributed by atoms with E-state index in [0.29, 0.717) is 19.4 Å². The Morgan fingerprint density at radius 1 is 1.17 bits per heavy atom. The molecule has 2 aromatic heterocycles. The summed E-state index contributed by atoms with van der Waals surface area (Å²) >= 11 is 0. The van der Waals surface area contributed by atoms with E-state index in [9.17, 15) is 4.79 Å². The Labute approximate surface area is 135 Å². The number of aryl methyl sites for hydroxylation is 1. The molecule has 0 aliphatic heterocycles. The molecule has 1 N–H and O–H groups in total. The molecule has 0 spiro atoms. The molecule has 5 nitrogen and oxygen atoms in total. The van der Waals surface area contributed by atoms with Crippen molar-refractivity contribution in [1.82, 2.24) is 14.9 Å². The lowest BCUT2D eigenvalue weighted by atomic mass is 10.1. The van der Waals surface area contributed by atoms with Crippen LogP contribution < -0.4 is 5.32 Å². The molecule has 2 heterocycles. The fourth-order valence-corrected chi connectivity index (χ4v) is 2.33. The van der Waals surface area contributed by atoms with Gasteiger partial charge in [0.25, 0.3) is 0 Å². The molecule has 1 amide bonds. The van der Waals surface area contributed by atoms with E-state index in [0.717, 1.165) is 17.9 Å². The normalized spacial score (nSPS) is 10.6. The van der Waals surface area contributed by atoms with Gasteiger partial charge in [-0.25, -0.2) is 4.98 Å². The van der Waals surface area contributed by atoms with Crippen molar-refractivity contribution >= 4 is 5.91 Å². The topological polar surface area (TPSA) is 60.1 Å². The van der Waals surface area contributed by atoms with E-state index in [-0.39, 0.29) is 5.91 Å². The number of furan rings is 1. The summed E-state index contributed by atoms with van der Waals surface area (Å²) in [7, 11) is 0. The van der Waals surface area contributed by atoms with E-state index < -0.39 is 0 Å². The van der Waals surface area contributed by atoms with Crippen LogP contribution in [0.1, 0.15) is 23.3 Å². The summed E-state index contributed by atoms with van der Waals surface area (Å²) in [5, 5.41) is 2.93. The molecule has 5 heteroatoms. The second-order valence-electron chi connectivity index (χ2n) is 5.41. The zero-order valence-corrected chi connectivity index (χ0v) is 12.8. The van der Waals surface area contributed by atoms with E-state index in [4.69, 9.17) is 4.42 Å². The number of carbonyl (C=O) groups is 1. The maximum absolute atomic E-state index is 11.8. The van der Waals surface area contributed by atoms with Gasteiger partial charge in [0.2, 0.25) is 5.91 Å². The molecule has 23 heavy (non-hydrogen) atoms. The average molecular weight is 309 g/mol. The maximum atomic E-state index is 11.8. The van der Waals surface area contributed by atoms with Crippen molar-refractivity contribution in [3.63, 3.8) is 0 Å². The van der Waals surface area contributed by atoms with Gasteiger partial charge in [0.1, 0.15) is 5.76 Å². The maximum Gasteiger partial charge on any atom is 0.220 e. The number of nitrogens with zero attached hydrogens (tertiary/aromatic N) is 2. The number of carbonyl (C=O) groups excluding carboxylic acids is 1. The summed E-state index contributed by atoms with van der Waals surface area (Å²) in [6.07, 6.45) is 8.19. The minimum Gasteiger partial charge on any atom is -0.469 e. The summed E-state index contributed by atoms with van der Waals surface area (Å²) in [4.78, 5) is 15.9. The molecule has 0 atom stereocenters. The average Bonchev–Trinajstić information content (AvgIpc) is 3.26. The zero-order valence-electron chi connectivity index (χ0n) is 12.8. The second-order valence-corrected chi connectivity index (χ2v) is 5.41. The van der Waals surface area contributed by atoms with Crippen molar-refractivity contribution in [2.45, 2.75) is 25.9 Å². The summed E-state index contributed by atoms with van der Waals surface area (Å²) < 4.78 is 7.24. The van der Waals surface area contributed by atoms with Gasteiger partial charge in [0.05, 0.1) is 12.6 Å². The van der Waals surface area contributed by atoms with Crippen LogP contribution in [0.5, 0.6) is 0 Å². The lowest BCUT2D eigenvalue weighted by molar-refractivity contribution is -0.121. The monoisotopic (exact) mass is 309 g/mol. The number of hydrogen-bond acceptors (Lipinski definition) is 3. The molecule has 0 unspecified atom stereocenters. The summed E-state index contributed by atoms with van der Waals surface area (Å²) in [6, 6.07) is 11.9. The van der Waals surface area contributed by atoms with Crippen LogP contribution in [0.2, 0.25) is 0 Å². The van der Waals surface area contributed by atoms with Crippen LogP contribution >= 0.6 is 0 Å². The molecule has 1 aromatic carbocycles. The minimum absolute atomic E-state index is 0.0314. The first kappa shape index (κ1) is 15.1. The third kappa shape index (κ3) is 4.57. The first-order valence-corrected chi connectivity index (χ1v) is 7.62. The van der Waals surface area contributed by atoms with Gasteiger partial charge in [-0.1, -0.05) is 24.3 Å². The van der Waals surface area contributed by atoms with Crippen LogP contribution in [-0.2, 0) is 24.3 Å². The smallest absolute Gasteiger partial charge is 0.220 e. The van der Waals surface area contributed by atoms with Gasteiger partial charge in [0, 0.05) is 38.3 Å². The Kier molecular flexibility index (Phi) is 4.88. The van der Waals surface area contributed by atoms with Crippen LogP contribution in [0, 0.1) is 0 Å². The van der Waals surface area contributed by atoms with E-state index in [1.165, 1.54) is 5.56 Å². The number of amides is 1. The van der Waals surface area contributed by atoms with Crippen LogP contribution in [-0.4, -0.2) is 15.5 Å². The van der Waals surface area contributed by atoms with Gasteiger partial charge >= 0.3 is 0 Å². The molecule has 0 radical (unpaired) electrons. The number of imidazole rings is 1. The second kappa shape index (κ2) is 7.45. The van der Waals surface area contributed by atoms with Crippen LogP contribution in [0.3, 0.4) is 0 Å². The van der Waals surface area contributed by atoms with Crippen molar-refractivity contribution in [3.8, 4) is 0 Å². The van der Waals surface area contributed by atoms with E-state index in [1.807, 2.05) is 35.0 Å². The molecule has 3 rings (SSSR count). The van der Waals surface area contributed by atoms with Crippen LogP contribution in [0.4, 0.5) is 0 Å². The molecular formula is C18H19N3O2. The molecule has 0 saturated carbocycles. The molecule has 0 bridgehead atoms. The highest BCUT2D eigenvalue weighted by molar-refractivity contribution is 5.76. The Hall–Kier alpha value is -2.82. The largest absolute Gasteiger partial charge is 0.469 e. The van der Waals surface area contributed by atoms with Crippen molar-refractivity contribution < 1.29 is 9.21 Å². The predicted octanol–water partition coefficient (Wildman–Crippen LogP) is 2.77. The molecular weight excluding hydrogens is 290 g/mol. The van der Waals surface area contributed by atoms with Crippen molar-refractivity contribution in [1.29, 1.82) is 0 Å². The summed E-state index contributed by atoms with van der Waals surface area (Å²) in [5.74, 6) is 0.868. The Morgan fingerprint density at radius 2 is 2.00 bits per heavy atom. The number of rotatable bonds is 7. The van der Waals surface area contributed by atoms with Gasteiger partial charge in [-0.2, -0.15) is 0 Å². The Morgan fingerprint density at radius 3 is 2.70 bits per heavy atom. The SMILES string of the molecule is O=C(CCc1ccco1)NCc1ccc(Cn2ccnc2)cc1. The standard InChI is InChI=1S/C18H19N3O2/c22-18(8-7-17-2-1-11-23-17)20-12-15-3-5-16(6-4-15)13-21-10-9-19-14-21/h1-6,9-11,14H,7-8,12-13H2,(H,20,22). The molecule has 0 saturated heterocycles. The van der Waals surface area contributed by atoms with E-state index >= 15 is 0 Å². The first-order chi connectivity index (χ1) is 11.3. The quantitative estimate of drug-likeness (QED) is 0.730. The fourth-order valence-electron chi connectivity index (χ4n) is 2.33. The highest BCUT2D eigenvalue weighted by Crippen LogP contribution is 2.07. The van der Waals surface area contributed by atoms with Gasteiger partial charge < -0.3 is 14.3 Å². The zero-order chi connectivity index (χ0) is 15.9. The highest BCUT2D eigenvalue weighted by atomic mass is 16.3. The van der Waals surface area contributed by atoms with Gasteiger partial charge in [0.15, 0.2) is 0 Å². The first-order valence-electron chi connectivity index (χ1n) is 7.62. The van der Waals surface area contributed by atoms with Gasteiger partial charge in [-0.15, -0.1) is 0 Å². The number of benzene rings is 1. The minimum atomic E-state index is 0.0314. The molecule has 118 valence electrons. The highest BCUT2D eigenvalue weighted by Gasteiger charge is 2.04. The molecule has 0 aliphatic rings. The number of aromatic nitrogens is 2. The van der Waals surface area contributed by atoms with Crippen LogP contribution in [0.15, 0.2) is 65.8 Å². The van der Waals surface area contributed by atoms with Gasteiger partial charge in [-0.3, -0.25) is 4.79 Å². The Balaban J connectivity index is 1.43. The number of nitrogens with one attached hydrogen (secondary N) is 1. The summed E-state index contributed by atoms with van der Waals surface area (Å²) in [6.45, 7) is 1.35. The molecule has 3 aromatic rings. The summed E-state index contributed by atoms with van der Waals surface area (Å²) in [5.41, 5.74) is 2.29. The fraction of sp³-hybridized carbons (Fsp3) is 0.222. The number of hydrogen-bond donors (Lipinski definition) is 1. The predicted molar refractivity (Wildman–Crippen MR) is 86.6 cm³/mol. The van der Waals surface area contributed by atoms with Crippen molar-refractivity contribution in [2.24, 2.45) is 0 Å². The molecule has 0 fully saturated rings. The van der Waals surface area contributed by atoms with E-state index in [2.05, 4.69) is 22.4 Å². The van der Waals surface area contributed by atoms with Crippen molar-refractivity contribution in [3.05, 3.63) is 78.3 Å². The molecule has 0 aliphatic carbocycles. The van der Waals surface area contributed by atoms with Crippen molar-refractivity contribution in [2.75, 3.05) is 0 Å². The third-order valence-corrected chi connectivity index (χ3v) is 3.62. The Bertz CT molecular complexity index is 716. The van der Waals surface area contributed by atoms with Crippen LogP contribution in [0.25, 0.3) is 0 Å². The van der Waals surface area contributed by atoms with E-state index in [1.54, 1.807) is 18.8 Å². The third-order valence-electron chi connectivity index (χ3n) is 3.62. The lowest BCUT2D eigenvalue weighted by Gasteiger charge is -2.07. The lowest BCUT2D eigenvalue weighted by Crippen LogP contribution is -2.22.